The largest absolute Gasteiger partial charge is 0.474 e. The molecule has 5 heteroatoms. The lowest BCUT2D eigenvalue weighted by atomic mass is 9.90. The van der Waals surface area contributed by atoms with Gasteiger partial charge < -0.3 is 14.5 Å². The summed E-state index contributed by atoms with van der Waals surface area (Å²) in [5, 5.41) is 0. The molecule has 1 aliphatic carbocycles. The Balaban J connectivity index is 1.24. The van der Waals surface area contributed by atoms with Crippen LogP contribution >= 0.6 is 0 Å². The fourth-order valence-electron chi connectivity index (χ4n) is 4.23. The first-order valence-electron chi connectivity index (χ1n) is 10.6. The lowest BCUT2D eigenvalue weighted by Crippen LogP contribution is -2.46. The van der Waals surface area contributed by atoms with Crippen LogP contribution in [-0.4, -0.2) is 59.0 Å². The second-order valence-corrected chi connectivity index (χ2v) is 8.09. The third-order valence-electron chi connectivity index (χ3n) is 6.20. The summed E-state index contributed by atoms with van der Waals surface area (Å²) in [5.74, 6) is 0.796. The summed E-state index contributed by atoms with van der Waals surface area (Å²) < 4.78 is 6.07. The number of nitrogens with zero attached hydrogens (tertiary/aromatic N) is 3. The van der Waals surface area contributed by atoms with E-state index in [-0.39, 0.29) is 12.0 Å². The van der Waals surface area contributed by atoms with Crippen LogP contribution in [0.15, 0.2) is 24.4 Å². The number of carbonyl (C=O) groups is 1. The molecule has 0 aromatic carbocycles. The van der Waals surface area contributed by atoms with E-state index in [1.165, 1.54) is 25.7 Å². The molecule has 0 radical (unpaired) electrons. The Kier molecular flexibility index (Phi) is 6.07. The molecule has 1 amide bonds. The molecule has 1 saturated carbocycles. The Labute approximate surface area is 162 Å². The van der Waals surface area contributed by atoms with Crippen molar-refractivity contribution in [1.29, 1.82) is 0 Å². The van der Waals surface area contributed by atoms with Crippen molar-refractivity contribution in [3.8, 4) is 5.88 Å². The fraction of sp³-hybridized carbons (Fsp3) is 0.636. The zero-order valence-electron chi connectivity index (χ0n) is 16.2. The Morgan fingerprint density at radius 2 is 1.78 bits per heavy atom. The molecule has 3 fully saturated rings. The van der Waals surface area contributed by atoms with Crippen molar-refractivity contribution < 1.29 is 9.53 Å². The van der Waals surface area contributed by atoms with Gasteiger partial charge in [-0.2, -0.15) is 0 Å². The van der Waals surface area contributed by atoms with Gasteiger partial charge in [0.25, 0.3) is 0 Å². The normalized spacial score (nSPS) is 22.7. The van der Waals surface area contributed by atoms with Crippen LogP contribution in [-0.2, 0) is 4.79 Å². The van der Waals surface area contributed by atoms with Crippen LogP contribution in [0.5, 0.6) is 5.88 Å². The Hall–Kier alpha value is -1.88. The van der Waals surface area contributed by atoms with Gasteiger partial charge in [0.1, 0.15) is 6.10 Å². The van der Waals surface area contributed by atoms with E-state index in [9.17, 15) is 4.79 Å². The molecule has 1 aromatic heterocycles. The monoisotopic (exact) mass is 369 g/mol. The van der Waals surface area contributed by atoms with Gasteiger partial charge in [-0.05, 0) is 62.7 Å². The van der Waals surface area contributed by atoms with Gasteiger partial charge in [0.2, 0.25) is 11.8 Å². The fourth-order valence-corrected chi connectivity index (χ4v) is 4.23. The second kappa shape index (κ2) is 8.87. The SMILES string of the molecule is O=C(/C=C/c1ccc(OC2CCN(C3CCC3)CC2)nc1)N1CCCCC1. The number of hydrogen-bond donors (Lipinski definition) is 0. The van der Waals surface area contributed by atoms with Crippen molar-refractivity contribution in [2.75, 3.05) is 26.2 Å². The van der Waals surface area contributed by atoms with Crippen LogP contribution in [0.4, 0.5) is 0 Å². The Morgan fingerprint density at radius 3 is 2.41 bits per heavy atom. The number of hydrogen-bond acceptors (Lipinski definition) is 4. The predicted molar refractivity (Wildman–Crippen MR) is 107 cm³/mol. The molecule has 0 atom stereocenters. The summed E-state index contributed by atoms with van der Waals surface area (Å²) in [6.45, 7) is 4.06. The summed E-state index contributed by atoms with van der Waals surface area (Å²) in [6, 6.07) is 4.73. The molecule has 0 N–H and O–H groups in total. The number of aromatic nitrogens is 1. The third-order valence-corrected chi connectivity index (χ3v) is 6.20. The number of ether oxygens (including phenoxy) is 1. The van der Waals surface area contributed by atoms with Crippen LogP contribution in [0.1, 0.15) is 56.9 Å². The molecule has 5 nitrogen and oxygen atoms in total. The predicted octanol–water partition coefficient (Wildman–Crippen LogP) is 3.50. The highest BCUT2D eigenvalue weighted by Crippen LogP contribution is 2.28. The number of piperidine rings is 2. The number of amides is 1. The number of likely N-dealkylation sites (tertiary alicyclic amines) is 2. The van der Waals surface area contributed by atoms with E-state index in [0.29, 0.717) is 5.88 Å². The molecule has 2 saturated heterocycles. The van der Waals surface area contributed by atoms with Crippen LogP contribution in [0.3, 0.4) is 0 Å². The molecule has 1 aromatic rings. The maximum absolute atomic E-state index is 12.2. The molecule has 4 rings (SSSR count). The molecule has 3 heterocycles. The van der Waals surface area contributed by atoms with E-state index < -0.39 is 0 Å². The molecule has 146 valence electrons. The summed E-state index contributed by atoms with van der Waals surface area (Å²) in [7, 11) is 0. The third kappa shape index (κ3) is 4.89. The first kappa shape index (κ1) is 18.5. The van der Waals surface area contributed by atoms with Crippen LogP contribution in [0, 0.1) is 0 Å². The molecular formula is C22H31N3O2. The molecule has 0 spiro atoms. The number of carbonyl (C=O) groups excluding carboxylic acids is 1. The Morgan fingerprint density at radius 1 is 1.00 bits per heavy atom. The van der Waals surface area contributed by atoms with Gasteiger partial charge in [-0.15, -0.1) is 0 Å². The van der Waals surface area contributed by atoms with Gasteiger partial charge in [-0.1, -0.05) is 6.42 Å². The van der Waals surface area contributed by atoms with E-state index in [1.54, 1.807) is 12.3 Å². The Bertz CT molecular complexity index is 640. The van der Waals surface area contributed by atoms with Crippen LogP contribution < -0.4 is 4.74 Å². The van der Waals surface area contributed by atoms with Gasteiger partial charge in [0, 0.05) is 50.6 Å². The van der Waals surface area contributed by atoms with Gasteiger partial charge in [0.15, 0.2) is 0 Å². The maximum atomic E-state index is 12.2. The second-order valence-electron chi connectivity index (χ2n) is 8.09. The zero-order chi connectivity index (χ0) is 18.5. The highest BCUT2D eigenvalue weighted by Gasteiger charge is 2.29. The lowest BCUT2D eigenvalue weighted by molar-refractivity contribution is -0.126. The van der Waals surface area contributed by atoms with Crippen LogP contribution in [0.2, 0.25) is 0 Å². The number of pyridine rings is 1. The van der Waals surface area contributed by atoms with E-state index in [1.807, 2.05) is 23.1 Å². The standard InChI is InChI=1S/C22H31N3O2/c26-22(25-13-2-1-3-14-25)10-8-18-7-9-21(23-17-18)27-20-11-15-24(16-12-20)19-5-4-6-19/h7-10,17,19-20H,1-6,11-16H2/b10-8+. The van der Waals surface area contributed by atoms with Gasteiger partial charge in [0.05, 0.1) is 0 Å². The molecule has 2 aliphatic heterocycles. The maximum Gasteiger partial charge on any atom is 0.246 e. The van der Waals surface area contributed by atoms with Crippen molar-refractivity contribution in [1.82, 2.24) is 14.8 Å². The minimum Gasteiger partial charge on any atom is -0.474 e. The lowest BCUT2D eigenvalue weighted by Gasteiger charge is -2.41. The quantitative estimate of drug-likeness (QED) is 0.745. The summed E-state index contributed by atoms with van der Waals surface area (Å²) in [6.07, 6.45) is 15.4. The smallest absolute Gasteiger partial charge is 0.246 e. The highest BCUT2D eigenvalue weighted by atomic mass is 16.5. The first-order valence-corrected chi connectivity index (χ1v) is 10.6. The molecular weight excluding hydrogens is 338 g/mol. The van der Waals surface area contributed by atoms with E-state index in [4.69, 9.17) is 4.74 Å². The van der Waals surface area contributed by atoms with Crippen molar-refractivity contribution >= 4 is 12.0 Å². The van der Waals surface area contributed by atoms with Crippen molar-refractivity contribution in [2.24, 2.45) is 0 Å². The minimum atomic E-state index is 0.105. The van der Waals surface area contributed by atoms with E-state index >= 15 is 0 Å². The molecule has 0 unspecified atom stereocenters. The molecule has 0 bridgehead atoms. The zero-order valence-corrected chi connectivity index (χ0v) is 16.2. The summed E-state index contributed by atoms with van der Waals surface area (Å²) in [5.41, 5.74) is 0.938. The van der Waals surface area contributed by atoms with E-state index in [0.717, 1.165) is 63.5 Å². The van der Waals surface area contributed by atoms with Gasteiger partial charge in [-0.3, -0.25) is 4.79 Å². The minimum absolute atomic E-state index is 0.105. The van der Waals surface area contributed by atoms with Crippen molar-refractivity contribution in [3.05, 3.63) is 30.0 Å². The van der Waals surface area contributed by atoms with Crippen molar-refractivity contribution in [2.45, 2.75) is 63.5 Å². The molecule has 27 heavy (non-hydrogen) atoms. The molecule has 3 aliphatic rings. The topological polar surface area (TPSA) is 45.7 Å². The average molecular weight is 370 g/mol. The average Bonchev–Trinajstić information content (AvgIpc) is 2.68. The summed E-state index contributed by atoms with van der Waals surface area (Å²) in [4.78, 5) is 21.2. The number of rotatable bonds is 5. The van der Waals surface area contributed by atoms with E-state index in [2.05, 4.69) is 9.88 Å². The van der Waals surface area contributed by atoms with Crippen molar-refractivity contribution in [3.63, 3.8) is 0 Å². The highest BCUT2D eigenvalue weighted by molar-refractivity contribution is 5.91. The summed E-state index contributed by atoms with van der Waals surface area (Å²) >= 11 is 0. The first-order chi connectivity index (χ1) is 13.3. The van der Waals surface area contributed by atoms with Crippen LogP contribution in [0.25, 0.3) is 6.08 Å². The van der Waals surface area contributed by atoms with Gasteiger partial charge >= 0.3 is 0 Å². The van der Waals surface area contributed by atoms with Gasteiger partial charge in [-0.25, -0.2) is 4.98 Å².